The Morgan fingerprint density at radius 2 is 1.89 bits per heavy atom. The minimum Gasteiger partial charge on any atom is -0.329 e. The molecule has 2 heteroatoms. The van der Waals surface area contributed by atoms with E-state index in [9.17, 15) is 0 Å². The molecule has 0 radical (unpaired) electrons. The van der Waals surface area contributed by atoms with Gasteiger partial charge in [-0.05, 0) is 44.7 Å². The molecular weight excluding hydrogens is 220 g/mol. The molecule has 2 N–H and O–H groups in total. The number of likely N-dealkylation sites (N-methyl/N-ethyl adjacent to an activating group) is 1. The van der Waals surface area contributed by atoms with Crippen molar-refractivity contribution in [3.8, 4) is 0 Å². The van der Waals surface area contributed by atoms with Crippen molar-refractivity contribution in [2.75, 3.05) is 13.6 Å². The average molecular weight is 246 g/mol. The van der Waals surface area contributed by atoms with Crippen molar-refractivity contribution in [1.82, 2.24) is 4.90 Å². The predicted molar refractivity (Wildman–Crippen MR) is 77.5 cm³/mol. The standard InChI is InChI=1S/C16H26N2/c1-4-15(13-7-5-12(2)6-8-13)18(3)16(11-17)14-9-10-14/h5-8,14-16H,4,9-11,17H2,1-3H3. The van der Waals surface area contributed by atoms with E-state index in [1.54, 1.807) is 0 Å². The van der Waals surface area contributed by atoms with Crippen LogP contribution in [0.15, 0.2) is 24.3 Å². The minimum atomic E-state index is 0.500. The first kappa shape index (κ1) is 13.6. The first-order valence-electron chi connectivity index (χ1n) is 7.16. The van der Waals surface area contributed by atoms with E-state index in [2.05, 4.69) is 50.1 Å². The fraction of sp³-hybridized carbons (Fsp3) is 0.625. The number of aryl methyl sites for hydroxylation is 1. The monoisotopic (exact) mass is 246 g/mol. The molecule has 1 aliphatic carbocycles. The Kier molecular flexibility index (Phi) is 4.41. The van der Waals surface area contributed by atoms with Crippen molar-refractivity contribution in [3.63, 3.8) is 0 Å². The number of benzene rings is 1. The van der Waals surface area contributed by atoms with Crippen LogP contribution in [0.4, 0.5) is 0 Å². The van der Waals surface area contributed by atoms with Gasteiger partial charge in [0.05, 0.1) is 0 Å². The third kappa shape index (κ3) is 2.93. The van der Waals surface area contributed by atoms with Gasteiger partial charge in [-0.3, -0.25) is 4.90 Å². The lowest BCUT2D eigenvalue weighted by Crippen LogP contribution is -2.41. The van der Waals surface area contributed by atoms with Crippen molar-refractivity contribution in [2.45, 2.75) is 45.2 Å². The van der Waals surface area contributed by atoms with Crippen molar-refractivity contribution < 1.29 is 0 Å². The summed E-state index contributed by atoms with van der Waals surface area (Å²) in [6.45, 7) is 5.19. The highest BCUT2D eigenvalue weighted by atomic mass is 15.2. The molecule has 0 bridgehead atoms. The number of hydrogen-bond acceptors (Lipinski definition) is 2. The highest BCUT2D eigenvalue weighted by Crippen LogP contribution is 2.38. The molecule has 0 amide bonds. The summed E-state index contributed by atoms with van der Waals surface area (Å²) in [7, 11) is 2.24. The number of hydrogen-bond donors (Lipinski definition) is 1. The van der Waals surface area contributed by atoms with Crippen molar-refractivity contribution in [2.24, 2.45) is 11.7 Å². The number of nitrogens with zero attached hydrogens (tertiary/aromatic N) is 1. The summed E-state index contributed by atoms with van der Waals surface area (Å²) in [6.07, 6.45) is 3.86. The summed E-state index contributed by atoms with van der Waals surface area (Å²) in [4.78, 5) is 2.50. The van der Waals surface area contributed by atoms with Crippen LogP contribution in [0.3, 0.4) is 0 Å². The van der Waals surface area contributed by atoms with Crippen LogP contribution in [0.1, 0.15) is 43.4 Å². The molecule has 0 spiro atoms. The van der Waals surface area contributed by atoms with Crippen molar-refractivity contribution >= 4 is 0 Å². The average Bonchev–Trinajstić information content (AvgIpc) is 3.18. The van der Waals surface area contributed by atoms with Crippen LogP contribution in [0, 0.1) is 12.8 Å². The Hall–Kier alpha value is -0.860. The molecule has 1 aliphatic rings. The molecule has 2 atom stereocenters. The van der Waals surface area contributed by atoms with Gasteiger partial charge in [0.1, 0.15) is 0 Å². The van der Waals surface area contributed by atoms with Crippen molar-refractivity contribution in [3.05, 3.63) is 35.4 Å². The molecule has 0 heterocycles. The van der Waals surface area contributed by atoms with Crippen LogP contribution >= 0.6 is 0 Å². The van der Waals surface area contributed by atoms with Gasteiger partial charge in [0.25, 0.3) is 0 Å². The van der Waals surface area contributed by atoms with Gasteiger partial charge in [-0.25, -0.2) is 0 Å². The van der Waals surface area contributed by atoms with Gasteiger partial charge in [-0.1, -0.05) is 36.8 Å². The second-order valence-electron chi connectivity index (χ2n) is 5.64. The van der Waals surface area contributed by atoms with Crippen LogP contribution in [0.2, 0.25) is 0 Å². The van der Waals surface area contributed by atoms with Crippen LogP contribution in [0.25, 0.3) is 0 Å². The highest BCUT2D eigenvalue weighted by molar-refractivity contribution is 5.24. The Bertz CT molecular complexity index is 367. The predicted octanol–water partition coefficient (Wildman–Crippen LogP) is 3.12. The van der Waals surface area contributed by atoms with Crippen LogP contribution in [-0.2, 0) is 0 Å². The van der Waals surface area contributed by atoms with Gasteiger partial charge in [-0.2, -0.15) is 0 Å². The van der Waals surface area contributed by atoms with E-state index in [0.29, 0.717) is 12.1 Å². The molecule has 0 aliphatic heterocycles. The molecule has 2 rings (SSSR count). The summed E-state index contributed by atoms with van der Waals surface area (Å²) in [5, 5.41) is 0. The Balaban J connectivity index is 2.13. The lowest BCUT2D eigenvalue weighted by Gasteiger charge is -2.34. The van der Waals surface area contributed by atoms with E-state index >= 15 is 0 Å². The highest BCUT2D eigenvalue weighted by Gasteiger charge is 2.35. The molecule has 1 aromatic rings. The lowest BCUT2D eigenvalue weighted by molar-refractivity contribution is 0.155. The third-order valence-corrected chi connectivity index (χ3v) is 4.27. The van der Waals surface area contributed by atoms with E-state index in [1.807, 2.05) is 0 Å². The summed E-state index contributed by atoms with van der Waals surface area (Å²) in [5.41, 5.74) is 8.72. The second-order valence-corrected chi connectivity index (χ2v) is 5.64. The maximum atomic E-state index is 5.97. The molecule has 1 fully saturated rings. The first-order valence-corrected chi connectivity index (χ1v) is 7.16. The van der Waals surface area contributed by atoms with Crippen LogP contribution < -0.4 is 5.73 Å². The quantitative estimate of drug-likeness (QED) is 0.835. The molecule has 2 nitrogen and oxygen atoms in total. The zero-order chi connectivity index (χ0) is 13.1. The van der Waals surface area contributed by atoms with Gasteiger partial charge in [-0.15, -0.1) is 0 Å². The molecule has 1 saturated carbocycles. The number of nitrogens with two attached hydrogens (primary N) is 1. The summed E-state index contributed by atoms with van der Waals surface area (Å²) in [6, 6.07) is 10.00. The van der Waals surface area contributed by atoms with Gasteiger partial charge in [0, 0.05) is 18.6 Å². The van der Waals surface area contributed by atoms with Gasteiger partial charge in [0.2, 0.25) is 0 Å². The van der Waals surface area contributed by atoms with Crippen molar-refractivity contribution in [1.29, 1.82) is 0 Å². The molecule has 0 saturated heterocycles. The molecular formula is C16H26N2. The van der Waals surface area contributed by atoms with E-state index in [0.717, 1.165) is 18.9 Å². The van der Waals surface area contributed by atoms with Gasteiger partial charge < -0.3 is 5.73 Å². The Labute approximate surface area is 111 Å². The SMILES string of the molecule is CCC(c1ccc(C)cc1)N(C)C(CN)C1CC1. The minimum absolute atomic E-state index is 0.500. The van der Waals surface area contributed by atoms with E-state index in [1.165, 1.54) is 24.0 Å². The van der Waals surface area contributed by atoms with Gasteiger partial charge in [0.15, 0.2) is 0 Å². The maximum Gasteiger partial charge on any atom is 0.0346 e. The fourth-order valence-corrected chi connectivity index (χ4v) is 2.95. The number of rotatable bonds is 6. The Morgan fingerprint density at radius 1 is 1.28 bits per heavy atom. The molecule has 1 aromatic carbocycles. The van der Waals surface area contributed by atoms with Gasteiger partial charge >= 0.3 is 0 Å². The largest absolute Gasteiger partial charge is 0.329 e. The summed E-state index contributed by atoms with van der Waals surface area (Å²) >= 11 is 0. The summed E-state index contributed by atoms with van der Waals surface area (Å²) < 4.78 is 0. The zero-order valence-corrected chi connectivity index (χ0v) is 11.9. The maximum absolute atomic E-state index is 5.97. The zero-order valence-electron chi connectivity index (χ0n) is 11.9. The van der Waals surface area contributed by atoms with E-state index in [-0.39, 0.29) is 0 Å². The first-order chi connectivity index (χ1) is 8.67. The fourth-order valence-electron chi connectivity index (χ4n) is 2.95. The lowest BCUT2D eigenvalue weighted by atomic mass is 9.99. The van der Waals surface area contributed by atoms with E-state index in [4.69, 9.17) is 5.73 Å². The second kappa shape index (κ2) is 5.85. The van der Waals surface area contributed by atoms with Crippen LogP contribution in [0.5, 0.6) is 0 Å². The molecule has 18 heavy (non-hydrogen) atoms. The molecule has 0 aromatic heterocycles. The summed E-state index contributed by atoms with van der Waals surface area (Å²) in [5.74, 6) is 0.833. The molecule has 100 valence electrons. The molecule has 2 unspecified atom stereocenters. The normalized spacial score (nSPS) is 18.9. The topological polar surface area (TPSA) is 29.3 Å². The smallest absolute Gasteiger partial charge is 0.0346 e. The van der Waals surface area contributed by atoms with Crippen LogP contribution in [-0.4, -0.2) is 24.5 Å². The third-order valence-electron chi connectivity index (χ3n) is 4.27. The van der Waals surface area contributed by atoms with E-state index < -0.39 is 0 Å². The Morgan fingerprint density at radius 3 is 2.33 bits per heavy atom.